The van der Waals surface area contributed by atoms with E-state index in [1.165, 1.54) is 5.56 Å². The van der Waals surface area contributed by atoms with Gasteiger partial charge < -0.3 is 4.90 Å². The lowest BCUT2D eigenvalue weighted by molar-refractivity contribution is -0.117. The van der Waals surface area contributed by atoms with Crippen molar-refractivity contribution < 1.29 is 4.79 Å². The monoisotopic (exact) mass is 211 g/mol. The van der Waals surface area contributed by atoms with Crippen molar-refractivity contribution in [1.82, 2.24) is 4.90 Å². The molecule has 0 aliphatic heterocycles. The van der Waals surface area contributed by atoms with E-state index in [1.807, 2.05) is 18.2 Å². The fourth-order valence-corrected chi connectivity index (χ4v) is 1.46. The van der Waals surface area contributed by atoms with Crippen LogP contribution in [0.4, 0.5) is 0 Å². The van der Waals surface area contributed by atoms with Gasteiger partial charge in [-0.05, 0) is 12.0 Å². The average molecular weight is 212 g/mol. The van der Waals surface area contributed by atoms with Crippen molar-refractivity contribution in [1.29, 1.82) is 0 Å². The molecule has 1 aromatic carbocycles. The van der Waals surface area contributed by atoms with Gasteiger partial charge in [0.2, 0.25) is 6.41 Å². The van der Waals surface area contributed by atoms with Crippen LogP contribution >= 0.6 is 11.6 Å². The molecule has 3 heteroatoms. The van der Waals surface area contributed by atoms with E-state index in [2.05, 4.69) is 12.1 Å². The summed E-state index contributed by atoms with van der Waals surface area (Å²) in [5.74, 6) is 0.494. The molecule has 76 valence electrons. The van der Waals surface area contributed by atoms with Crippen molar-refractivity contribution in [3.05, 3.63) is 35.9 Å². The highest BCUT2D eigenvalue weighted by molar-refractivity contribution is 6.18. The molecule has 0 radical (unpaired) electrons. The summed E-state index contributed by atoms with van der Waals surface area (Å²) < 4.78 is 0. The summed E-state index contributed by atoms with van der Waals surface area (Å²) in [5.41, 5.74) is 1.24. The van der Waals surface area contributed by atoms with E-state index in [1.54, 1.807) is 4.90 Å². The van der Waals surface area contributed by atoms with Gasteiger partial charge in [0.1, 0.15) is 0 Å². The molecule has 0 spiro atoms. The molecule has 0 aliphatic rings. The second kappa shape index (κ2) is 6.44. The molecule has 2 nitrogen and oxygen atoms in total. The molecular weight excluding hydrogens is 198 g/mol. The molecular formula is C11H14ClNO. The average Bonchev–Trinajstić information content (AvgIpc) is 2.25. The molecule has 0 atom stereocenters. The summed E-state index contributed by atoms with van der Waals surface area (Å²) in [6.07, 6.45) is 1.74. The zero-order valence-electron chi connectivity index (χ0n) is 8.03. The Morgan fingerprint density at radius 1 is 1.21 bits per heavy atom. The number of hydrogen-bond donors (Lipinski definition) is 0. The lowest BCUT2D eigenvalue weighted by Gasteiger charge is -2.15. The first-order valence-electron chi connectivity index (χ1n) is 4.66. The van der Waals surface area contributed by atoms with Gasteiger partial charge in [-0.2, -0.15) is 0 Å². The molecule has 0 N–H and O–H groups in total. The number of halogens is 1. The predicted molar refractivity (Wildman–Crippen MR) is 58.5 cm³/mol. The van der Waals surface area contributed by atoms with Gasteiger partial charge in [0, 0.05) is 19.0 Å². The van der Waals surface area contributed by atoms with Crippen molar-refractivity contribution >= 4 is 18.0 Å². The van der Waals surface area contributed by atoms with Gasteiger partial charge in [-0.25, -0.2) is 0 Å². The summed E-state index contributed by atoms with van der Waals surface area (Å²) in [6.45, 7) is 1.36. The van der Waals surface area contributed by atoms with E-state index in [0.717, 1.165) is 19.4 Å². The van der Waals surface area contributed by atoms with Gasteiger partial charge in [-0.3, -0.25) is 4.79 Å². The Bertz CT molecular complexity index is 263. The van der Waals surface area contributed by atoms with Gasteiger partial charge in [0.15, 0.2) is 0 Å². The van der Waals surface area contributed by atoms with Crippen molar-refractivity contribution in [3.63, 3.8) is 0 Å². The van der Waals surface area contributed by atoms with Crippen molar-refractivity contribution in [2.75, 3.05) is 19.0 Å². The first-order valence-corrected chi connectivity index (χ1v) is 5.19. The van der Waals surface area contributed by atoms with E-state index in [0.29, 0.717) is 12.4 Å². The smallest absolute Gasteiger partial charge is 0.209 e. The van der Waals surface area contributed by atoms with E-state index >= 15 is 0 Å². The first-order chi connectivity index (χ1) is 6.86. The molecule has 0 saturated heterocycles. The van der Waals surface area contributed by atoms with Gasteiger partial charge in [0.05, 0.1) is 0 Å². The maximum atomic E-state index is 10.6. The Morgan fingerprint density at radius 3 is 2.50 bits per heavy atom. The molecule has 0 unspecified atom stereocenters. The summed E-state index contributed by atoms with van der Waals surface area (Å²) in [6, 6.07) is 10.1. The Morgan fingerprint density at radius 2 is 1.93 bits per heavy atom. The zero-order valence-corrected chi connectivity index (χ0v) is 8.78. The van der Waals surface area contributed by atoms with Gasteiger partial charge in [0.25, 0.3) is 0 Å². The first kappa shape index (κ1) is 11.1. The van der Waals surface area contributed by atoms with E-state index in [9.17, 15) is 4.79 Å². The van der Waals surface area contributed by atoms with Crippen LogP contribution in [0.5, 0.6) is 0 Å². The summed E-state index contributed by atoms with van der Waals surface area (Å²) in [7, 11) is 0. The maximum Gasteiger partial charge on any atom is 0.209 e. The fraction of sp³-hybridized carbons (Fsp3) is 0.364. The highest BCUT2D eigenvalue weighted by Gasteiger charge is 2.00. The SMILES string of the molecule is O=CN(CCCl)CCc1ccccc1. The highest BCUT2D eigenvalue weighted by Crippen LogP contribution is 2.00. The van der Waals surface area contributed by atoms with Gasteiger partial charge in [-0.1, -0.05) is 30.3 Å². The largest absolute Gasteiger partial charge is 0.344 e. The minimum Gasteiger partial charge on any atom is -0.344 e. The third kappa shape index (κ3) is 3.79. The number of nitrogens with zero attached hydrogens (tertiary/aromatic N) is 1. The summed E-state index contributed by atoms with van der Waals surface area (Å²) in [5, 5.41) is 0. The molecule has 0 saturated carbocycles. The Balaban J connectivity index is 2.35. The maximum absolute atomic E-state index is 10.6. The molecule has 0 heterocycles. The van der Waals surface area contributed by atoms with Crippen LogP contribution in [0, 0.1) is 0 Å². The Hall–Kier alpha value is -1.02. The van der Waals surface area contributed by atoms with Gasteiger partial charge >= 0.3 is 0 Å². The number of benzene rings is 1. The van der Waals surface area contributed by atoms with Crippen molar-refractivity contribution in [2.45, 2.75) is 6.42 Å². The normalized spacial score (nSPS) is 9.79. The van der Waals surface area contributed by atoms with Crippen LogP contribution in [0.25, 0.3) is 0 Å². The Labute approximate surface area is 89.5 Å². The van der Waals surface area contributed by atoms with Gasteiger partial charge in [-0.15, -0.1) is 11.6 Å². The number of amides is 1. The summed E-state index contributed by atoms with van der Waals surface area (Å²) in [4.78, 5) is 12.3. The number of rotatable bonds is 6. The quantitative estimate of drug-likeness (QED) is 0.520. The second-order valence-electron chi connectivity index (χ2n) is 3.07. The van der Waals surface area contributed by atoms with Crippen LogP contribution in [0.15, 0.2) is 30.3 Å². The number of carbonyl (C=O) groups excluding carboxylic acids is 1. The van der Waals surface area contributed by atoms with Crippen molar-refractivity contribution in [2.24, 2.45) is 0 Å². The topological polar surface area (TPSA) is 20.3 Å². The lowest BCUT2D eigenvalue weighted by Crippen LogP contribution is -2.26. The standard InChI is InChI=1S/C11H14ClNO/c12-7-9-13(10-14)8-6-11-4-2-1-3-5-11/h1-5,10H,6-9H2. The molecule has 0 aliphatic carbocycles. The minimum atomic E-state index is 0.494. The molecule has 1 amide bonds. The third-order valence-corrected chi connectivity index (χ3v) is 2.22. The highest BCUT2D eigenvalue weighted by atomic mass is 35.5. The zero-order chi connectivity index (χ0) is 10.2. The molecule has 1 rings (SSSR count). The number of hydrogen-bond acceptors (Lipinski definition) is 1. The number of carbonyl (C=O) groups is 1. The Kier molecular flexibility index (Phi) is 5.08. The molecule has 0 aromatic heterocycles. The van der Waals surface area contributed by atoms with Crippen LogP contribution in [0.2, 0.25) is 0 Å². The molecule has 0 fully saturated rings. The van der Waals surface area contributed by atoms with Crippen LogP contribution < -0.4 is 0 Å². The summed E-state index contributed by atoms with van der Waals surface area (Å²) >= 11 is 5.56. The predicted octanol–water partition coefficient (Wildman–Crippen LogP) is 1.93. The van der Waals surface area contributed by atoms with E-state index < -0.39 is 0 Å². The third-order valence-electron chi connectivity index (χ3n) is 2.05. The van der Waals surface area contributed by atoms with Crippen LogP contribution in [-0.2, 0) is 11.2 Å². The molecule has 14 heavy (non-hydrogen) atoms. The van der Waals surface area contributed by atoms with Crippen LogP contribution in [0.1, 0.15) is 5.56 Å². The molecule has 0 bridgehead atoms. The minimum absolute atomic E-state index is 0.494. The second-order valence-corrected chi connectivity index (χ2v) is 3.44. The van der Waals surface area contributed by atoms with Crippen LogP contribution in [-0.4, -0.2) is 30.3 Å². The molecule has 1 aromatic rings. The van der Waals surface area contributed by atoms with E-state index in [-0.39, 0.29) is 0 Å². The van der Waals surface area contributed by atoms with Crippen molar-refractivity contribution in [3.8, 4) is 0 Å². The number of alkyl halides is 1. The van der Waals surface area contributed by atoms with Crippen LogP contribution in [0.3, 0.4) is 0 Å². The lowest BCUT2D eigenvalue weighted by atomic mass is 10.1. The fourth-order valence-electron chi connectivity index (χ4n) is 1.24. The van der Waals surface area contributed by atoms with E-state index in [4.69, 9.17) is 11.6 Å².